The van der Waals surface area contributed by atoms with Crippen molar-refractivity contribution in [1.82, 2.24) is 5.43 Å². The highest BCUT2D eigenvalue weighted by molar-refractivity contribution is 6.33. The van der Waals surface area contributed by atoms with Gasteiger partial charge < -0.3 is 5.11 Å². The summed E-state index contributed by atoms with van der Waals surface area (Å²) in [6.07, 6.45) is 1.13. The summed E-state index contributed by atoms with van der Waals surface area (Å²) < 4.78 is 0. The Kier molecular flexibility index (Phi) is 4.59. The molecule has 2 aromatic rings. The molecule has 0 unspecified atom stereocenters. The third-order valence-electron chi connectivity index (χ3n) is 4.13. The number of phenolic OH excluding ortho intramolecular Hbond substituents is 1. The van der Waals surface area contributed by atoms with Gasteiger partial charge in [0.25, 0.3) is 17.5 Å². The van der Waals surface area contributed by atoms with Gasteiger partial charge in [-0.3, -0.25) is 25.1 Å². The molecule has 0 atom stereocenters. The standard InChI is InChI=1S/C18H14ClN3O5/c1-9-3-4-12(8-15(9)19)21-18(25)14(17(24)20-21)7-11-6-13(22(26)27)5-10(2)16(11)23/h3-8,23H,1-2H3,(H,20,24)/b14-7-. The van der Waals surface area contributed by atoms with E-state index >= 15 is 0 Å². The summed E-state index contributed by atoms with van der Waals surface area (Å²) in [6, 6.07) is 7.16. The van der Waals surface area contributed by atoms with Crippen LogP contribution >= 0.6 is 11.6 Å². The molecule has 138 valence electrons. The first-order chi connectivity index (χ1) is 12.7. The number of hydrogen-bond donors (Lipinski definition) is 2. The molecule has 0 spiro atoms. The number of hydrogen-bond acceptors (Lipinski definition) is 5. The zero-order chi connectivity index (χ0) is 19.9. The molecule has 1 aliphatic rings. The number of nitrogens with zero attached hydrogens (tertiary/aromatic N) is 2. The number of hydrazine groups is 1. The highest BCUT2D eigenvalue weighted by Gasteiger charge is 2.35. The van der Waals surface area contributed by atoms with Gasteiger partial charge in [0.15, 0.2) is 0 Å². The zero-order valence-corrected chi connectivity index (χ0v) is 15.1. The normalized spacial score (nSPS) is 15.4. The molecule has 0 saturated carbocycles. The van der Waals surface area contributed by atoms with Crippen LogP contribution in [0.4, 0.5) is 11.4 Å². The molecule has 2 aromatic carbocycles. The molecule has 0 aliphatic carbocycles. The summed E-state index contributed by atoms with van der Waals surface area (Å²) in [5.74, 6) is -1.60. The Labute approximate surface area is 158 Å². The first kappa shape index (κ1) is 18.4. The van der Waals surface area contributed by atoms with Crippen LogP contribution < -0.4 is 10.4 Å². The van der Waals surface area contributed by atoms with E-state index in [1.54, 1.807) is 19.1 Å². The van der Waals surface area contributed by atoms with E-state index in [1.807, 2.05) is 0 Å². The highest BCUT2D eigenvalue weighted by Crippen LogP contribution is 2.31. The molecule has 9 heteroatoms. The molecule has 1 saturated heterocycles. The molecule has 2 N–H and O–H groups in total. The third kappa shape index (κ3) is 3.34. The Hall–Kier alpha value is -3.39. The minimum Gasteiger partial charge on any atom is -0.507 e. The predicted octanol–water partition coefficient (Wildman–Crippen LogP) is 3.03. The van der Waals surface area contributed by atoms with E-state index in [0.29, 0.717) is 10.7 Å². The number of benzene rings is 2. The summed E-state index contributed by atoms with van der Waals surface area (Å²) in [6.45, 7) is 3.29. The second-order valence-electron chi connectivity index (χ2n) is 6.03. The van der Waals surface area contributed by atoms with Crippen LogP contribution in [0.5, 0.6) is 5.75 Å². The molecular weight excluding hydrogens is 374 g/mol. The SMILES string of the molecule is Cc1ccc(N2NC(=O)/C(=C/c3cc([N+](=O)[O-])cc(C)c3O)C2=O)cc1Cl. The number of carbonyl (C=O) groups excluding carboxylic acids is 2. The number of halogens is 1. The zero-order valence-electron chi connectivity index (χ0n) is 14.3. The van der Waals surface area contributed by atoms with E-state index in [4.69, 9.17) is 11.6 Å². The van der Waals surface area contributed by atoms with Crippen molar-refractivity contribution in [3.05, 3.63) is 67.7 Å². The van der Waals surface area contributed by atoms with Gasteiger partial charge in [0, 0.05) is 22.7 Å². The minimum atomic E-state index is -0.694. The van der Waals surface area contributed by atoms with Crippen molar-refractivity contribution in [3.63, 3.8) is 0 Å². The minimum absolute atomic E-state index is 0.00369. The lowest BCUT2D eigenvalue weighted by Crippen LogP contribution is -2.35. The molecule has 1 aliphatic heterocycles. The van der Waals surface area contributed by atoms with Crippen molar-refractivity contribution in [2.45, 2.75) is 13.8 Å². The lowest BCUT2D eigenvalue weighted by atomic mass is 10.0. The van der Waals surface area contributed by atoms with Gasteiger partial charge in [0.1, 0.15) is 11.3 Å². The van der Waals surface area contributed by atoms with Crippen LogP contribution in [-0.2, 0) is 9.59 Å². The predicted molar refractivity (Wildman–Crippen MR) is 99.3 cm³/mol. The molecule has 1 fully saturated rings. The van der Waals surface area contributed by atoms with Crippen LogP contribution in [0.25, 0.3) is 6.08 Å². The summed E-state index contributed by atoms with van der Waals surface area (Å²) in [4.78, 5) is 35.3. The maximum Gasteiger partial charge on any atom is 0.282 e. The van der Waals surface area contributed by atoms with E-state index in [2.05, 4.69) is 5.43 Å². The Morgan fingerprint density at radius 2 is 1.89 bits per heavy atom. The van der Waals surface area contributed by atoms with Crippen molar-refractivity contribution in [2.75, 3.05) is 5.01 Å². The fourth-order valence-electron chi connectivity index (χ4n) is 2.62. The Morgan fingerprint density at radius 1 is 1.19 bits per heavy atom. The van der Waals surface area contributed by atoms with Gasteiger partial charge in [-0.1, -0.05) is 17.7 Å². The lowest BCUT2D eigenvalue weighted by Gasteiger charge is -2.15. The third-order valence-corrected chi connectivity index (χ3v) is 4.54. The lowest BCUT2D eigenvalue weighted by molar-refractivity contribution is -0.384. The number of aromatic hydroxyl groups is 1. The number of nitro benzene ring substituents is 1. The Bertz CT molecular complexity index is 1030. The molecular formula is C18H14ClN3O5. The summed E-state index contributed by atoms with van der Waals surface area (Å²) >= 11 is 6.07. The van der Waals surface area contributed by atoms with Crippen LogP contribution in [0.3, 0.4) is 0 Å². The number of phenols is 1. The van der Waals surface area contributed by atoms with Crippen LogP contribution in [0.15, 0.2) is 35.9 Å². The number of amides is 2. The number of rotatable bonds is 3. The molecule has 2 amide bonds. The first-order valence-electron chi connectivity index (χ1n) is 7.80. The molecule has 0 radical (unpaired) electrons. The second-order valence-corrected chi connectivity index (χ2v) is 6.44. The molecule has 8 nitrogen and oxygen atoms in total. The first-order valence-corrected chi connectivity index (χ1v) is 8.18. The number of anilines is 1. The van der Waals surface area contributed by atoms with Crippen LogP contribution in [0.1, 0.15) is 16.7 Å². The van der Waals surface area contributed by atoms with Gasteiger partial charge in [-0.25, -0.2) is 5.01 Å². The Balaban J connectivity index is 2.03. The fraction of sp³-hybridized carbons (Fsp3) is 0.111. The number of nitro groups is 1. The molecule has 1 heterocycles. The van der Waals surface area contributed by atoms with Crippen molar-refractivity contribution >= 4 is 40.9 Å². The van der Waals surface area contributed by atoms with Gasteiger partial charge in [0.2, 0.25) is 0 Å². The van der Waals surface area contributed by atoms with E-state index in [0.717, 1.165) is 22.7 Å². The Morgan fingerprint density at radius 3 is 2.52 bits per heavy atom. The van der Waals surface area contributed by atoms with Gasteiger partial charge >= 0.3 is 0 Å². The van der Waals surface area contributed by atoms with Gasteiger partial charge in [-0.2, -0.15) is 0 Å². The smallest absolute Gasteiger partial charge is 0.282 e. The number of carbonyl (C=O) groups is 2. The van der Waals surface area contributed by atoms with Crippen LogP contribution in [0, 0.1) is 24.0 Å². The molecule has 3 rings (SSSR count). The van der Waals surface area contributed by atoms with Crippen molar-refractivity contribution in [1.29, 1.82) is 0 Å². The van der Waals surface area contributed by atoms with Crippen molar-refractivity contribution in [2.24, 2.45) is 0 Å². The van der Waals surface area contributed by atoms with Crippen LogP contribution in [-0.4, -0.2) is 21.8 Å². The fourth-order valence-corrected chi connectivity index (χ4v) is 2.79. The summed E-state index contributed by atoms with van der Waals surface area (Å²) in [7, 11) is 0. The average Bonchev–Trinajstić information content (AvgIpc) is 2.89. The monoisotopic (exact) mass is 387 g/mol. The topological polar surface area (TPSA) is 113 Å². The highest BCUT2D eigenvalue weighted by atomic mass is 35.5. The van der Waals surface area contributed by atoms with Crippen LogP contribution in [0.2, 0.25) is 5.02 Å². The van der Waals surface area contributed by atoms with Crippen molar-refractivity contribution < 1.29 is 19.6 Å². The van der Waals surface area contributed by atoms with E-state index in [-0.39, 0.29) is 28.1 Å². The maximum absolute atomic E-state index is 12.6. The quantitative estimate of drug-likeness (QED) is 0.364. The van der Waals surface area contributed by atoms with E-state index in [1.165, 1.54) is 19.1 Å². The average molecular weight is 388 g/mol. The van der Waals surface area contributed by atoms with E-state index in [9.17, 15) is 24.8 Å². The number of aryl methyl sites for hydroxylation is 2. The number of non-ortho nitro benzene ring substituents is 1. The summed E-state index contributed by atoms with van der Waals surface area (Å²) in [5.41, 5.74) is 3.33. The molecule has 0 bridgehead atoms. The van der Waals surface area contributed by atoms with E-state index < -0.39 is 16.7 Å². The largest absolute Gasteiger partial charge is 0.507 e. The molecule has 0 aromatic heterocycles. The van der Waals surface area contributed by atoms with Gasteiger partial charge in [0.05, 0.1) is 10.6 Å². The number of nitrogens with one attached hydrogen (secondary N) is 1. The van der Waals surface area contributed by atoms with Crippen molar-refractivity contribution in [3.8, 4) is 5.75 Å². The van der Waals surface area contributed by atoms with Gasteiger partial charge in [-0.05, 0) is 43.2 Å². The maximum atomic E-state index is 12.6. The summed E-state index contributed by atoms with van der Waals surface area (Å²) in [5, 5.41) is 22.6. The second kappa shape index (κ2) is 6.73. The molecule has 27 heavy (non-hydrogen) atoms. The van der Waals surface area contributed by atoms with Gasteiger partial charge in [-0.15, -0.1) is 0 Å².